The summed E-state index contributed by atoms with van der Waals surface area (Å²) in [6.45, 7) is 6.11. The van der Waals surface area contributed by atoms with E-state index in [-0.39, 0.29) is 6.10 Å². The smallest absolute Gasteiger partial charge is 0.157 e. The molecular formula is C11H17ClN2O. The average Bonchev–Trinajstić information content (AvgIpc) is 2.17. The standard InChI is InChI=1S/C11H17ClN2O/c1-7(2)10(15-4)11-13-8(3)5-9(6-12)14-11/h5,7,10H,6H2,1-4H3. The summed E-state index contributed by atoms with van der Waals surface area (Å²) in [5, 5.41) is 0. The highest BCUT2D eigenvalue weighted by Crippen LogP contribution is 2.22. The van der Waals surface area contributed by atoms with Gasteiger partial charge in [-0.1, -0.05) is 13.8 Å². The SMILES string of the molecule is COC(c1nc(C)cc(CCl)n1)C(C)C. The summed E-state index contributed by atoms with van der Waals surface area (Å²) < 4.78 is 5.38. The molecule has 1 atom stereocenters. The Balaban J connectivity index is 3.06. The van der Waals surface area contributed by atoms with Crippen LogP contribution in [-0.2, 0) is 10.6 Å². The summed E-state index contributed by atoms with van der Waals surface area (Å²) in [6, 6.07) is 1.89. The van der Waals surface area contributed by atoms with Crippen LogP contribution in [0.3, 0.4) is 0 Å². The van der Waals surface area contributed by atoms with Crippen molar-refractivity contribution in [1.29, 1.82) is 0 Å². The number of hydrogen-bond donors (Lipinski definition) is 0. The van der Waals surface area contributed by atoms with Crippen molar-refractivity contribution in [2.24, 2.45) is 5.92 Å². The summed E-state index contributed by atoms with van der Waals surface area (Å²) in [4.78, 5) is 8.76. The van der Waals surface area contributed by atoms with Crippen LogP contribution in [0.4, 0.5) is 0 Å². The number of methoxy groups -OCH3 is 1. The van der Waals surface area contributed by atoms with E-state index in [0.717, 1.165) is 17.2 Å². The second kappa shape index (κ2) is 5.42. The Kier molecular flexibility index (Phi) is 4.48. The normalized spacial score (nSPS) is 13.2. The van der Waals surface area contributed by atoms with Crippen LogP contribution in [0.2, 0.25) is 0 Å². The number of alkyl halides is 1. The Hall–Kier alpha value is -0.670. The molecule has 0 aromatic carbocycles. The molecule has 0 aliphatic heterocycles. The highest BCUT2D eigenvalue weighted by atomic mass is 35.5. The average molecular weight is 229 g/mol. The van der Waals surface area contributed by atoms with E-state index >= 15 is 0 Å². The van der Waals surface area contributed by atoms with E-state index in [1.165, 1.54) is 0 Å². The minimum absolute atomic E-state index is 0.0631. The zero-order valence-corrected chi connectivity index (χ0v) is 10.4. The molecule has 1 aromatic heterocycles. The third kappa shape index (κ3) is 3.14. The molecule has 1 aromatic rings. The van der Waals surface area contributed by atoms with Crippen molar-refractivity contribution < 1.29 is 4.74 Å². The Labute approximate surface area is 95.8 Å². The molecule has 0 saturated carbocycles. The van der Waals surface area contributed by atoms with Crippen molar-refractivity contribution in [2.75, 3.05) is 7.11 Å². The molecule has 0 amide bonds. The van der Waals surface area contributed by atoms with Crippen LogP contribution in [0.1, 0.15) is 37.2 Å². The van der Waals surface area contributed by atoms with Crippen LogP contribution in [0.15, 0.2) is 6.07 Å². The van der Waals surface area contributed by atoms with Gasteiger partial charge in [-0.05, 0) is 18.9 Å². The molecule has 84 valence electrons. The molecule has 15 heavy (non-hydrogen) atoms. The minimum atomic E-state index is -0.0631. The number of halogens is 1. The quantitative estimate of drug-likeness (QED) is 0.744. The molecule has 1 rings (SSSR count). The molecule has 3 nitrogen and oxygen atoms in total. The summed E-state index contributed by atoms with van der Waals surface area (Å²) in [7, 11) is 1.68. The number of hydrogen-bond acceptors (Lipinski definition) is 3. The zero-order chi connectivity index (χ0) is 11.4. The van der Waals surface area contributed by atoms with Crippen molar-refractivity contribution in [3.8, 4) is 0 Å². The van der Waals surface area contributed by atoms with Crippen molar-refractivity contribution in [1.82, 2.24) is 9.97 Å². The van der Waals surface area contributed by atoms with Crippen LogP contribution >= 0.6 is 11.6 Å². The number of rotatable bonds is 4. The Bertz CT molecular complexity index is 328. The first kappa shape index (κ1) is 12.4. The van der Waals surface area contributed by atoms with E-state index in [0.29, 0.717) is 11.8 Å². The maximum Gasteiger partial charge on any atom is 0.157 e. The predicted octanol–water partition coefficient (Wildman–Crippen LogP) is 2.87. The Morgan fingerprint density at radius 2 is 2.07 bits per heavy atom. The fourth-order valence-electron chi connectivity index (χ4n) is 1.53. The second-order valence-electron chi connectivity index (χ2n) is 3.89. The molecular weight excluding hydrogens is 212 g/mol. The van der Waals surface area contributed by atoms with Crippen molar-refractivity contribution >= 4 is 11.6 Å². The lowest BCUT2D eigenvalue weighted by atomic mass is 10.1. The van der Waals surface area contributed by atoms with Gasteiger partial charge in [-0.3, -0.25) is 0 Å². The van der Waals surface area contributed by atoms with Crippen LogP contribution in [0.5, 0.6) is 0 Å². The van der Waals surface area contributed by atoms with E-state index in [9.17, 15) is 0 Å². The van der Waals surface area contributed by atoms with Crippen LogP contribution in [0, 0.1) is 12.8 Å². The van der Waals surface area contributed by atoms with Gasteiger partial charge in [0.1, 0.15) is 6.10 Å². The molecule has 0 aliphatic carbocycles. The molecule has 1 unspecified atom stereocenters. The molecule has 0 fully saturated rings. The van der Waals surface area contributed by atoms with E-state index in [1.54, 1.807) is 7.11 Å². The number of ether oxygens (including phenoxy) is 1. The third-order valence-corrected chi connectivity index (χ3v) is 2.45. The second-order valence-corrected chi connectivity index (χ2v) is 4.16. The first-order valence-electron chi connectivity index (χ1n) is 5.01. The van der Waals surface area contributed by atoms with Crippen molar-refractivity contribution in [2.45, 2.75) is 32.8 Å². The van der Waals surface area contributed by atoms with Gasteiger partial charge < -0.3 is 4.74 Å². The summed E-state index contributed by atoms with van der Waals surface area (Å²) >= 11 is 5.77. The lowest BCUT2D eigenvalue weighted by Crippen LogP contribution is -2.14. The third-order valence-electron chi connectivity index (χ3n) is 2.18. The van der Waals surface area contributed by atoms with Gasteiger partial charge in [0.05, 0.1) is 11.6 Å². The number of nitrogens with zero attached hydrogens (tertiary/aromatic N) is 2. The lowest BCUT2D eigenvalue weighted by molar-refractivity contribution is 0.0572. The van der Waals surface area contributed by atoms with E-state index in [1.807, 2.05) is 13.0 Å². The van der Waals surface area contributed by atoms with E-state index in [4.69, 9.17) is 16.3 Å². The van der Waals surface area contributed by atoms with Crippen molar-refractivity contribution in [3.05, 3.63) is 23.3 Å². The topological polar surface area (TPSA) is 35.0 Å². The minimum Gasteiger partial charge on any atom is -0.373 e. The lowest BCUT2D eigenvalue weighted by Gasteiger charge is -2.18. The molecule has 0 radical (unpaired) electrons. The predicted molar refractivity (Wildman–Crippen MR) is 60.9 cm³/mol. The van der Waals surface area contributed by atoms with Gasteiger partial charge >= 0.3 is 0 Å². The van der Waals surface area contributed by atoms with Gasteiger partial charge in [0.15, 0.2) is 5.82 Å². The summed E-state index contributed by atoms with van der Waals surface area (Å²) in [6.07, 6.45) is -0.0631. The zero-order valence-electron chi connectivity index (χ0n) is 9.62. The van der Waals surface area contributed by atoms with Gasteiger partial charge in [0, 0.05) is 12.8 Å². The van der Waals surface area contributed by atoms with Crippen LogP contribution in [0.25, 0.3) is 0 Å². The highest BCUT2D eigenvalue weighted by molar-refractivity contribution is 6.16. The highest BCUT2D eigenvalue weighted by Gasteiger charge is 2.18. The fraction of sp³-hybridized carbons (Fsp3) is 0.636. The molecule has 4 heteroatoms. The number of aryl methyl sites for hydroxylation is 1. The molecule has 0 spiro atoms. The molecule has 0 bridgehead atoms. The first-order valence-corrected chi connectivity index (χ1v) is 5.55. The first-order chi connectivity index (χ1) is 7.08. The van der Waals surface area contributed by atoms with Crippen LogP contribution in [-0.4, -0.2) is 17.1 Å². The molecule has 0 N–H and O–H groups in total. The van der Waals surface area contributed by atoms with Gasteiger partial charge in [0.2, 0.25) is 0 Å². The molecule has 0 aliphatic rings. The van der Waals surface area contributed by atoms with Gasteiger partial charge in [-0.15, -0.1) is 11.6 Å². The number of aromatic nitrogens is 2. The Morgan fingerprint density at radius 3 is 2.53 bits per heavy atom. The maximum absolute atomic E-state index is 5.77. The molecule has 0 saturated heterocycles. The molecule has 1 heterocycles. The largest absolute Gasteiger partial charge is 0.373 e. The van der Waals surface area contributed by atoms with Crippen LogP contribution < -0.4 is 0 Å². The van der Waals surface area contributed by atoms with Gasteiger partial charge in [0.25, 0.3) is 0 Å². The van der Waals surface area contributed by atoms with Crippen molar-refractivity contribution in [3.63, 3.8) is 0 Å². The fourth-order valence-corrected chi connectivity index (χ4v) is 1.67. The van der Waals surface area contributed by atoms with Gasteiger partial charge in [-0.2, -0.15) is 0 Å². The van der Waals surface area contributed by atoms with E-state index < -0.39 is 0 Å². The summed E-state index contributed by atoms with van der Waals surface area (Å²) in [5.41, 5.74) is 1.78. The Morgan fingerprint density at radius 1 is 1.40 bits per heavy atom. The summed E-state index contributed by atoms with van der Waals surface area (Å²) in [5.74, 6) is 1.48. The van der Waals surface area contributed by atoms with Gasteiger partial charge in [-0.25, -0.2) is 9.97 Å². The monoisotopic (exact) mass is 228 g/mol. The maximum atomic E-state index is 5.77. The van der Waals surface area contributed by atoms with E-state index in [2.05, 4.69) is 23.8 Å².